The van der Waals surface area contributed by atoms with Gasteiger partial charge in [-0.1, -0.05) is 18.2 Å². The molecule has 3 heteroatoms. The third-order valence-electron chi connectivity index (χ3n) is 3.25. The van der Waals surface area contributed by atoms with Crippen LogP contribution in [0.5, 0.6) is 0 Å². The summed E-state index contributed by atoms with van der Waals surface area (Å²) in [5.74, 6) is -0.202. The van der Waals surface area contributed by atoms with Crippen LogP contribution in [-0.2, 0) is 6.54 Å². The summed E-state index contributed by atoms with van der Waals surface area (Å²) in [6.07, 6.45) is 0. The second kappa shape index (κ2) is 5.85. The molecule has 2 rings (SSSR count). The lowest BCUT2D eigenvalue weighted by Crippen LogP contribution is -2.16. The van der Waals surface area contributed by atoms with Crippen LogP contribution in [0.15, 0.2) is 42.5 Å². The number of hydrogen-bond acceptors (Lipinski definition) is 2. The normalized spacial score (nSPS) is 10.5. The van der Waals surface area contributed by atoms with Gasteiger partial charge in [0.25, 0.3) is 0 Å². The van der Waals surface area contributed by atoms with Crippen LogP contribution in [-0.4, -0.2) is 14.1 Å². The van der Waals surface area contributed by atoms with Gasteiger partial charge in [0.1, 0.15) is 5.82 Å². The van der Waals surface area contributed by atoms with E-state index in [1.54, 1.807) is 6.07 Å². The van der Waals surface area contributed by atoms with Crippen LogP contribution in [0, 0.1) is 12.7 Å². The van der Waals surface area contributed by atoms with E-state index in [0.717, 1.165) is 16.9 Å². The molecule has 0 bridgehead atoms. The molecule has 0 aliphatic heterocycles. The van der Waals surface area contributed by atoms with Crippen molar-refractivity contribution in [2.75, 3.05) is 19.0 Å². The fraction of sp³-hybridized carbons (Fsp3) is 0.250. The summed E-state index contributed by atoms with van der Waals surface area (Å²) in [4.78, 5) is 2.10. The fourth-order valence-electron chi connectivity index (χ4n) is 2.28. The zero-order valence-corrected chi connectivity index (χ0v) is 11.6. The van der Waals surface area contributed by atoms with Gasteiger partial charge in [0.2, 0.25) is 0 Å². The first-order valence-corrected chi connectivity index (χ1v) is 6.36. The number of rotatable bonds is 4. The van der Waals surface area contributed by atoms with E-state index < -0.39 is 0 Å². The summed E-state index contributed by atoms with van der Waals surface area (Å²) in [6.45, 7) is 2.72. The largest absolute Gasteiger partial charge is 0.344 e. The van der Waals surface area contributed by atoms with Crippen LogP contribution in [0.3, 0.4) is 0 Å². The van der Waals surface area contributed by atoms with Crippen molar-refractivity contribution < 1.29 is 4.39 Å². The Bertz CT molecular complexity index is 566. The molecule has 0 spiro atoms. The maximum absolute atomic E-state index is 13.4. The Morgan fingerprint density at radius 3 is 2.53 bits per heavy atom. The van der Waals surface area contributed by atoms with E-state index in [9.17, 15) is 4.39 Å². The van der Waals surface area contributed by atoms with Gasteiger partial charge < -0.3 is 10.2 Å². The molecule has 0 aromatic heterocycles. The van der Waals surface area contributed by atoms with Crippen LogP contribution in [0.1, 0.15) is 11.1 Å². The molecule has 2 aromatic carbocycles. The third-order valence-corrected chi connectivity index (χ3v) is 3.25. The Morgan fingerprint density at radius 2 is 1.84 bits per heavy atom. The third kappa shape index (κ3) is 2.93. The van der Waals surface area contributed by atoms with Crippen molar-refractivity contribution in [2.45, 2.75) is 13.5 Å². The first-order valence-electron chi connectivity index (χ1n) is 6.36. The summed E-state index contributed by atoms with van der Waals surface area (Å²) in [5, 5.41) is 3.08. The number of hydrogen-bond donors (Lipinski definition) is 1. The van der Waals surface area contributed by atoms with Crippen molar-refractivity contribution in [2.24, 2.45) is 0 Å². The quantitative estimate of drug-likeness (QED) is 0.901. The SMILES string of the molecule is CNCc1cc(F)ccc1N(C)c1ccccc1C. The molecule has 0 unspecified atom stereocenters. The van der Waals surface area contributed by atoms with Crippen LogP contribution in [0.4, 0.5) is 15.8 Å². The van der Waals surface area contributed by atoms with Crippen LogP contribution >= 0.6 is 0 Å². The van der Waals surface area contributed by atoms with E-state index in [0.29, 0.717) is 6.54 Å². The summed E-state index contributed by atoms with van der Waals surface area (Å²) < 4.78 is 13.4. The smallest absolute Gasteiger partial charge is 0.123 e. The van der Waals surface area contributed by atoms with Crippen molar-refractivity contribution >= 4 is 11.4 Å². The number of nitrogens with one attached hydrogen (secondary N) is 1. The first kappa shape index (κ1) is 13.6. The molecule has 19 heavy (non-hydrogen) atoms. The Morgan fingerprint density at radius 1 is 1.11 bits per heavy atom. The van der Waals surface area contributed by atoms with E-state index >= 15 is 0 Å². The Labute approximate surface area is 113 Å². The highest BCUT2D eigenvalue weighted by molar-refractivity contribution is 5.68. The molecule has 0 radical (unpaired) electrons. The Kier molecular flexibility index (Phi) is 4.17. The summed E-state index contributed by atoms with van der Waals surface area (Å²) in [7, 11) is 3.87. The predicted octanol–water partition coefficient (Wildman–Crippen LogP) is 3.62. The molecule has 0 atom stereocenters. The minimum Gasteiger partial charge on any atom is -0.344 e. The molecule has 0 saturated carbocycles. The molecule has 0 aliphatic rings. The van der Waals surface area contributed by atoms with E-state index in [-0.39, 0.29) is 5.82 Å². The van der Waals surface area contributed by atoms with Crippen LogP contribution < -0.4 is 10.2 Å². The molecule has 2 nitrogen and oxygen atoms in total. The minimum atomic E-state index is -0.202. The number of anilines is 2. The average Bonchev–Trinajstić information content (AvgIpc) is 2.39. The molecule has 0 saturated heterocycles. The van der Waals surface area contributed by atoms with Gasteiger partial charge in [0, 0.05) is 25.0 Å². The van der Waals surface area contributed by atoms with Gasteiger partial charge in [-0.3, -0.25) is 0 Å². The maximum atomic E-state index is 13.4. The van der Waals surface area contributed by atoms with Crippen molar-refractivity contribution in [1.82, 2.24) is 5.32 Å². The molecule has 0 heterocycles. The highest BCUT2D eigenvalue weighted by Crippen LogP contribution is 2.29. The lowest BCUT2D eigenvalue weighted by molar-refractivity contribution is 0.624. The van der Waals surface area contributed by atoms with Crippen molar-refractivity contribution in [3.8, 4) is 0 Å². The molecular weight excluding hydrogens is 239 g/mol. The van der Waals surface area contributed by atoms with Crippen molar-refractivity contribution in [3.63, 3.8) is 0 Å². The molecule has 0 amide bonds. The van der Waals surface area contributed by atoms with E-state index in [1.165, 1.54) is 11.6 Å². The zero-order chi connectivity index (χ0) is 13.8. The van der Waals surface area contributed by atoms with Crippen molar-refractivity contribution in [1.29, 1.82) is 0 Å². The number of para-hydroxylation sites is 1. The maximum Gasteiger partial charge on any atom is 0.123 e. The van der Waals surface area contributed by atoms with E-state index in [2.05, 4.69) is 29.3 Å². The summed E-state index contributed by atoms with van der Waals surface area (Å²) in [6, 6.07) is 13.1. The highest BCUT2D eigenvalue weighted by atomic mass is 19.1. The van der Waals surface area contributed by atoms with Crippen LogP contribution in [0.2, 0.25) is 0 Å². The summed E-state index contributed by atoms with van der Waals surface area (Å²) in [5.41, 5.74) is 4.30. The molecule has 100 valence electrons. The number of benzene rings is 2. The fourth-order valence-corrected chi connectivity index (χ4v) is 2.28. The Balaban J connectivity index is 2.43. The number of halogens is 1. The Hall–Kier alpha value is -1.87. The van der Waals surface area contributed by atoms with Gasteiger partial charge in [0.15, 0.2) is 0 Å². The minimum absolute atomic E-state index is 0.202. The van der Waals surface area contributed by atoms with E-state index in [4.69, 9.17) is 0 Å². The molecule has 0 fully saturated rings. The molecular formula is C16H19FN2. The lowest BCUT2D eigenvalue weighted by Gasteiger charge is -2.24. The summed E-state index contributed by atoms with van der Waals surface area (Å²) >= 11 is 0. The first-order chi connectivity index (χ1) is 9.13. The molecule has 0 aliphatic carbocycles. The topological polar surface area (TPSA) is 15.3 Å². The van der Waals surface area contributed by atoms with Gasteiger partial charge in [0.05, 0.1) is 0 Å². The van der Waals surface area contributed by atoms with Gasteiger partial charge in [-0.25, -0.2) is 4.39 Å². The van der Waals surface area contributed by atoms with Gasteiger partial charge in [-0.05, 0) is 49.4 Å². The van der Waals surface area contributed by atoms with Gasteiger partial charge in [-0.2, -0.15) is 0 Å². The standard InChI is InChI=1S/C16H19FN2/c1-12-6-4-5-7-15(12)19(3)16-9-8-14(17)10-13(16)11-18-2/h4-10,18H,11H2,1-3H3. The van der Waals surface area contributed by atoms with E-state index in [1.807, 2.05) is 32.3 Å². The average molecular weight is 258 g/mol. The molecule has 2 aromatic rings. The van der Waals surface area contributed by atoms with Gasteiger partial charge in [-0.15, -0.1) is 0 Å². The van der Waals surface area contributed by atoms with Gasteiger partial charge >= 0.3 is 0 Å². The number of aryl methyl sites for hydroxylation is 1. The highest BCUT2D eigenvalue weighted by Gasteiger charge is 2.11. The second-order valence-corrected chi connectivity index (χ2v) is 4.65. The zero-order valence-electron chi connectivity index (χ0n) is 11.6. The predicted molar refractivity (Wildman–Crippen MR) is 78.4 cm³/mol. The lowest BCUT2D eigenvalue weighted by atomic mass is 10.1. The van der Waals surface area contributed by atoms with Crippen molar-refractivity contribution in [3.05, 3.63) is 59.4 Å². The second-order valence-electron chi connectivity index (χ2n) is 4.65. The monoisotopic (exact) mass is 258 g/mol. The van der Waals surface area contributed by atoms with Crippen LogP contribution in [0.25, 0.3) is 0 Å². The number of nitrogens with zero attached hydrogens (tertiary/aromatic N) is 1. The molecule has 1 N–H and O–H groups in total.